The summed E-state index contributed by atoms with van der Waals surface area (Å²) in [7, 11) is 1.64. The molecule has 1 atom stereocenters. The molecule has 0 aliphatic rings. The van der Waals surface area contributed by atoms with Gasteiger partial charge in [-0.2, -0.15) is 11.8 Å². The van der Waals surface area contributed by atoms with Crippen molar-refractivity contribution in [1.29, 1.82) is 0 Å². The number of rotatable bonds is 8. The van der Waals surface area contributed by atoms with Crippen LogP contribution in [0.3, 0.4) is 0 Å². The van der Waals surface area contributed by atoms with Crippen LogP contribution in [0.15, 0.2) is 24.3 Å². The number of methoxy groups -OCH3 is 1. The normalized spacial score (nSPS) is 12.2. The minimum Gasteiger partial charge on any atom is -0.493 e. The van der Waals surface area contributed by atoms with Crippen molar-refractivity contribution in [2.75, 3.05) is 31.8 Å². The smallest absolute Gasteiger partial charge is 0.161 e. The van der Waals surface area contributed by atoms with Crippen molar-refractivity contribution in [3.8, 4) is 11.5 Å². The van der Waals surface area contributed by atoms with Gasteiger partial charge in [-0.25, -0.2) is 0 Å². The topological polar surface area (TPSA) is 38.7 Å². The molecule has 0 radical (unpaired) electrons. The molecule has 1 aromatic carbocycles. The summed E-state index contributed by atoms with van der Waals surface area (Å²) in [4.78, 5) is 0. The number of hydrogen-bond donors (Lipinski definition) is 1. The van der Waals surface area contributed by atoms with Gasteiger partial charge in [0.1, 0.15) is 0 Å². The Morgan fingerprint density at radius 3 is 2.65 bits per heavy atom. The predicted octanol–water partition coefficient (Wildman–Crippen LogP) is 2.44. The zero-order chi connectivity index (χ0) is 12.5. The molecule has 0 bridgehead atoms. The second-order valence-corrected chi connectivity index (χ2v) is 5.01. The lowest BCUT2D eigenvalue weighted by Crippen LogP contribution is -2.07. The van der Waals surface area contributed by atoms with Crippen molar-refractivity contribution in [2.24, 2.45) is 5.92 Å². The molecule has 1 rings (SSSR count). The molecular formula is C13H20O3S. The van der Waals surface area contributed by atoms with Crippen LogP contribution in [0.25, 0.3) is 0 Å². The van der Waals surface area contributed by atoms with Crippen LogP contribution in [0, 0.1) is 5.92 Å². The van der Waals surface area contributed by atoms with Crippen LogP contribution >= 0.6 is 11.8 Å². The minimum absolute atomic E-state index is 0.250. The minimum atomic E-state index is 0.250. The summed E-state index contributed by atoms with van der Waals surface area (Å²) in [5, 5.41) is 8.88. The Labute approximate surface area is 107 Å². The van der Waals surface area contributed by atoms with Crippen LogP contribution in [-0.2, 0) is 0 Å². The van der Waals surface area contributed by atoms with Gasteiger partial charge in [0.2, 0.25) is 0 Å². The molecular weight excluding hydrogens is 236 g/mol. The van der Waals surface area contributed by atoms with Crippen LogP contribution in [0.4, 0.5) is 0 Å². The number of hydrogen-bond acceptors (Lipinski definition) is 4. The molecule has 96 valence electrons. The first kappa shape index (κ1) is 14.2. The highest BCUT2D eigenvalue weighted by Gasteiger charge is 2.03. The highest BCUT2D eigenvalue weighted by molar-refractivity contribution is 7.99. The fraction of sp³-hybridized carbons (Fsp3) is 0.538. The molecule has 4 heteroatoms. The summed E-state index contributed by atoms with van der Waals surface area (Å²) in [6.07, 6.45) is 0. The molecule has 17 heavy (non-hydrogen) atoms. The Bertz CT molecular complexity index is 317. The molecule has 0 saturated carbocycles. The molecule has 0 aromatic heterocycles. The van der Waals surface area contributed by atoms with Crippen LogP contribution in [0.2, 0.25) is 0 Å². The lowest BCUT2D eigenvalue weighted by Gasteiger charge is -2.11. The second kappa shape index (κ2) is 8.25. The average Bonchev–Trinajstić information content (AvgIpc) is 2.38. The molecule has 1 aromatic rings. The van der Waals surface area contributed by atoms with Gasteiger partial charge in [0.15, 0.2) is 11.5 Å². The summed E-state index contributed by atoms with van der Waals surface area (Å²) in [5.74, 6) is 3.78. The first-order valence-electron chi connectivity index (χ1n) is 5.72. The van der Waals surface area contributed by atoms with E-state index in [1.807, 2.05) is 31.2 Å². The monoisotopic (exact) mass is 256 g/mol. The van der Waals surface area contributed by atoms with Gasteiger partial charge in [0.05, 0.1) is 13.7 Å². The maximum atomic E-state index is 8.88. The largest absolute Gasteiger partial charge is 0.493 e. The summed E-state index contributed by atoms with van der Waals surface area (Å²) < 4.78 is 10.8. The van der Waals surface area contributed by atoms with E-state index in [2.05, 4.69) is 0 Å². The molecule has 0 fully saturated rings. The Hall–Kier alpha value is -0.870. The number of benzene rings is 1. The van der Waals surface area contributed by atoms with Crippen LogP contribution in [-0.4, -0.2) is 36.9 Å². The molecule has 0 amide bonds. The van der Waals surface area contributed by atoms with E-state index in [4.69, 9.17) is 14.6 Å². The summed E-state index contributed by atoms with van der Waals surface area (Å²) in [6.45, 7) is 2.94. The van der Waals surface area contributed by atoms with Gasteiger partial charge < -0.3 is 14.6 Å². The van der Waals surface area contributed by atoms with E-state index in [-0.39, 0.29) is 6.61 Å². The van der Waals surface area contributed by atoms with Gasteiger partial charge in [-0.3, -0.25) is 0 Å². The maximum absolute atomic E-state index is 8.88. The lowest BCUT2D eigenvalue weighted by molar-refractivity contribution is 0.250. The molecule has 0 spiro atoms. The van der Waals surface area contributed by atoms with Crippen molar-refractivity contribution >= 4 is 11.8 Å². The first-order chi connectivity index (χ1) is 8.27. The van der Waals surface area contributed by atoms with Gasteiger partial charge in [-0.1, -0.05) is 19.1 Å². The van der Waals surface area contributed by atoms with Gasteiger partial charge in [-0.05, 0) is 23.8 Å². The number of para-hydroxylation sites is 2. The van der Waals surface area contributed by atoms with Crippen LogP contribution in [0.5, 0.6) is 11.5 Å². The van der Waals surface area contributed by atoms with Gasteiger partial charge in [0, 0.05) is 12.4 Å². The van der Waals surface area contributed by atoms with Crippen LogP contribution < -0.4 is 9.47 Å². The third kappa shape index (κ3) is 5.33. The highest BCUT2D eigenvalue weighted by Crippen LogP contribution is 2.25. The van der Waals surface area contributed by atoms with Gasteiger partial charge in [0.25, 0.3) is 0 Å². The summed E-state index contributed by atoms with van der Waals surface area (Å²) >= 11 is 1.79. The maximum Gasteiger partial charge on any atom is 0.161 e. The highest BCUT2D eigenvalue weighted by atomic mass is 32.2. The van der Waals surface area contributed by atoms with E-state index >= 15 is 0 Å². The third-order valence-corrected chi connectivity index (χ3v) is 3.53. The van der Waals surface area contributed by atoms with Crippen molar-refractivity contribution in [3.05, 3.63) is 24.3 Å². The Kier molecular flexibility index (Phi) is 6.89. The van der Waals surface area contributed by atoms with Gasteiger partial charge in [-0.15, -0.1) is 0 Å². The average molecular weight is 256 g/mol. The van der Waals surface area contributed by atoms with E-state index in [1.54, 1.807) is 18.9 Å². The molecule has 1 unspecified atom stereocenters. The fourth-order valence-electron chi connectivity index (χ4n) is 1.29. The standard InChI is InChI=1S/C13H20O3S/c1-11(9-14)10-17-8-7-16-13-6-4-3-5-12(13)15-2/h3-6,11,14H,7-10H2,1-2H3. The lowest BCUT2D eigenvalue weighted by atomic mass is 10.2. The summed E-state index contributed by atoms with van der Waals surface area (Å²) in [6, 6.07) is 7.64. The Morgan fingerprint density at radius 2 is 2.00 bits per heavy atom. The number of thioether (sulfide) groups is 1. The first-order valence-corrected chi connectivity index (χ1v) is 6.87. The van der Waals surface area contributed by atoms with E-state index in [1.165, 1.54) is 0 Å². The number of aliphatic hydroxyl groups is 1. The van der Waals surface area contributed by atoms with Crippen molar-refractivity contribution in [2.45, 2.75) is 6.92 Å². The molecule has 1 N–H and O–H groups in total. The van der Waals surface area contributed by atoms with Crippen molar-refractivity contribution in [1.82, 2.24) is 0 Å². The van der Waals surface area contributed by atoms with Crippen LogP contribution in [0.1, 0.15) is 6.92 Å². The SMILES string of the molecule is COc1ccccc1OCCSCC(C)CO. The van der Waals surface area contributed by atoms with E-state index in [0.29, 0.717) is 12.5 Å². The van der Waals surface area contributed by atoms with Crippen molar-refractivity contribution < 1.29 is 14.6 Å². The number of ether oxygens (including phenoxy) is 2. The Balaban J connectivity index is 2.22. The molecule has 0 heterocycles. The number of aliphatic hydroxyl groups excluding tert-OH is 1. The van der Waals surface area contributed by atoms with E-state index < -0.39 is 0 Å². The van der Waals surface area contributed by atoms with Crippen molar-refractivity contribution in [3.63, 3.8) is 0 Å². The third-order valence-electron chi connectivity index (χ3n) is 2.27. The molecule has 0 aliphatic carbocycles. The zero-order valence-electron chi connectivity index (χ0n) is 10.4. The Morgan fingerprint density at radius 1 is 1.29 bits per heavy atom. The predicted molar refractivity (Wildman–Crippen MR) is 72.1 cm³/mol. The zero-order valence-corrected chi connectivity index (χ0v) is 11.2. The fourth-order valence-corrected chi connectivity index (χ4v) is 2.16. The van der Waals surface area contributed by atoms with Gasteiger partial charge >= 0.3 is 0 Å². The quantitative estimate of drug-likeness (QED) is 0.725. The molecule has 0 saturated heterocycles. The van der Waals surface area contributed by atoms with E-state index in [0.717, 1.165) is 23.0 Å². The molecule has 0 aliphatic heterocycles. The van der Waals surface area contributed by atoms with E-state index in [9.17, 15) is 0 Å². The second-order valence-electron chi connectivity index (χ2n) is 3.86. The summed E-state index contributed by atoms with van der Waals surface area (Å²) in [5.41, 5.74) is 0. The molecule has 3 nitrogen and oxygen atoms in total.